The molecule has 1 aromatic rings. The molecule has 0 bridgehead atoms. The number of hydrogen-bond donors (Lipinski definition) is 0. The van der Waals surface area contributed by atoms with Crippen LogP contribution < -0.4 is 0 Å². The Morgan fingerprint density at radius 1 is 1.40 bits per heavy atom. The molecule has 3 heteroatoms. The van der Waals surface area contributed by atoms with Gasteiger partial charge in [0.05, 0.1) is 10.4 Å². The van der Waals surface area contributed by atoms with E-state index in [1.165, 1.54) is 0 Å². The van der Waals surface area contributed by atoms with E-state index in [2.05, 4.69) is 22.9 Å². The smallest absolute Gasteiger partial charge is 0.338 e. The lowest BCUT2D eigenvalue weighted by Gasteiger charge is -2.29. The zero-order valence-electron chi connectivity index (χ0n) is 8.57. The van der Waals surface area contributed by atoms with Crippen molar-refractivity contribution in [3.8, 4) is 0 Å². The summed E-state index contributed by atoms with van der Waals surface area (Å²) < 4.78 is 5.38. The van der Waals surface area contributed by atoms with E-state index < -0.39 is 0 Å². The Bertz CT molecular complexity index is 376. The van der Waals surface area contributed by atoms with Gasteiger partial charge in [-0.2, -0.15) is 0 Å². The summed E-state index contributed by atoms with van der Waals surface area (Å²) in [6.45, 7) is 2.09. The Kier molecular flexibility index (Phi) is 3.10. The van der Waals surface area contributed by atoms with Gasteiger partial charge in [-0.15, -0.1) is 0 Å². The highest BCUT2D eigenvalue weighted by Gasteiger charge is 2.32. The average Bonchev–Trinajstić information content (AvgIpc) is 2.26. The van der Waals surface area contributed by atoms with Crippen molar-refractivity contribution in [1.82, 2.24) is 0 Å². The maximum Gasteiger partial charge on any atom is 0.338 e. The number of benzene rings is 1. The zero-order valence-corrected chi connectivity index (χ0v) is 10.2. The van der Waals surface area contributed by atoms with Crippen LogP contribution in [0.4, 0.5) is 0 Å². The van der Waals surface area contributed by atoms with Crippen LogP contribution in [0.25, 0.3) is 0 Å². The van der Waals surface area contributed by atoms with Crippen molar-refractivity contribution in [1.29, 1.82) is 0 Å². The van der Waals surface area contributed by atoms with E-state index >= 15 is 0 Å². The molecule has 2 unspecified atom stereocenters. The van der Waals surface area contributed by atoms with Crippen LogP contribution in [0.1, 0.15) is 40.5 Å². The number of cyclic esters (lactones) is 1. The number of fused-ring (bicyclic) bond motifs is 1. The molecule has 0 aromatic heterocycles. The minimum Gasteiger partial charge on any atom is -0.457 e. The molecule has 2 nitrogen and oxygen atoms in total. The molecule has 0 fully saturated rings. The third kappa shape index (κ3) is 1.93. The van der Waals surface area contributed by atoms with Gasteiger partial charge in [-0.3, -0.25) is 0 Å². The lowest BCUT2D eigenvalue weighted by Crippen LogP contribution is -2.29. The van der Waals surface area contributed by atoms with Crippen molar-refractivity contribution in [2.75, 3.05) is 0 Å². The molecule has 80 valence electrons. The monoisotopic (exact) mass is 268 g/mol. The normalized spacial score (nSPS) is 24.5. The number of carbonyl (C=O) groups excluding carboxylic acids is 1. The van der Waals surface area contributed by atoms with Crippen LogP contribution in [-0.4, -0.2) is 12.1 Å². The summed E-state index contributed by atoms with van der Waals surface area (Å²) in [5.41, 5.74) is 1.74. The average molecular weight is 269 g/mol. The summed E-state index contributed by atoms with van der Waals surface area (Å²) in [6.07, 6.45) is 1.88. The topological polar surface area (TPSA) is 26.3 Å². The lowest BCUT2D eigenvalue weighted by molar-refractivity contribution is 0.0233. The van der Waals surface area contributed by atoms with E-state index in [-0.39, 0.29) is 16.9 Å². The fraction of sp³-hybridized carbons (Fsp3) is 0.417. The predicted octanol–water partition coefficient (Wildman–Crippen LogP) is 3.46. The van der Waals surface area contributed by atoms with Crippen molar-refractivity contribution in [2.45, 2.75) is 30.7 Å². The summed E-state index contributed by atoms with van der Waals surface area (Å²) in [5.74, 6) is -0.195. The third-order valence-corrected chi connectivity index (χ3v) is 3.72. The molecular weight excluding hydrogens is 256 g/mol. The molecule has 1 heterocycles. The fourth-order valence-electron chi connectivity index (χ4n) is 1.87. The Morgan fingerprint density at radius 3 is 2.87 bits per heavy atom. The van der Waals surface area contributed by atoms with E-state index in [4.69, 9.17) is 4.74 Å². The Hall–Kier alpha value is -0.830. The van der Waals surface area contributed by atoms with Crippen LogP contribution in [0.3, 0.4) is 0 Å². The largest absolute Gasteiger partial charge is 0.457 e. The molecule has 15 heavy (non-hydrogen) atoms. The Morgan fingerprint density at radius 2 is 2.13 bits per heavy atom. The van der Waals surface area contributed by atoms with Gasteiger partial charge in [-0.05, 0) is 18.1 Å². The number of halogens is 1. The second-order valence-corrected chi connectivity index (χ2v) is 4.71. The molecule has 0 radical (unpaired) electrons. The second kappa shape index (κ2) is 4.35. The van der Waals surface area contributed by atoms with Crippen molar-refractivity contribution in [3.05, 3.63) is 35.4 Å². The number of hydrogen-bond acceptors (Lipinski definition) is 2. The molecule has 0 saturated heterocycles. The van der Waals surface area contributed by atoms with E-state index in [1.54, 1.807) is 0 Å². The minimum atomic E-state index is -0.195. The number of alkyl halides is 1. The molecular formula is C12H13BrO2. The third-order valence-electron chi connectivity index (χ3n) is 2.64. The fourth-order valence-corrected chi connectivity index (χ4v) is 2.65. The highest BCUT2D eigenvalue weighted by Crippen LogP contribution is 2.37. The maximum atomic E-state index is 11.7. The Balaban J connectivity index is 2.35. The molecule has 0 amide bonds. The first kappa shape index (κ1) is 10.7. The van der Waals surface area contributed by atoms with Crippen molar-refractivity contribution in [2.24, 2.45) is 0 Å². The van der Waals surface area contributed by atoms with Crippen LogP contribution in [0, 0.1) is 0 Å². The van der Waals surface area contributed by atoms with Gasteiger partial charge in [0.1, 0.15) is 6.10 Å². The maximum absolute atomic E-state index is 11.7. The van der Waals surface area contributed by atoms with Gasteiger partial charge in [0.15, 0.2) is 0 Å². The summed E-state index contributed by atoms with van der Waals surface area (Å²) >= 11 is 3.60. The van der Waals surface area contributed by atoms with Crippen LogP contribution >= 0.6 is 15.9 Å². The van der Waals surface area contributed by atoms with Crippen LogP contribution in [0.5, 0.6) is 0 Å². The van der Waals surface area contributed by atoms with Crippen LogP contribution in [0.15, 0.2) is 24.3 Å². The summed E-state index contributed by atoms with van der Waals surface area (Å²) in [5, 5.41) is 0. The van der Waals surface area contributed by atoms with Crippen molar-refractivity contribution >= 4 is 21.9 Å². The summed E-state index contributed by atoms with van der Waals surface area (Å²) in [7, 11) is 0. The first-order valence-electron chi connectivity index (χ1n) is 5.18. The van der Waals surface area contributed by atoms with Crippen molar-refractivity contribution < 1.29 is 9.53 Å². The molecule has 0 N–H and O–H groups in total. The minimum absolute atomic E-state index is 0.0302. The van der Waals surface area contributed by atoms with Gasteiger partial charge in [0, 0.05) is 0 Å². The van der Waals surface area contributed by atoms with Gasteiger partial charge in [-0.25, -0.2) is 4.79 Å². The molecule has 2 rings (SSSR count). The SMILES string of the molecule is CCCC1OC(=O)c2ccccc2C1Br. The second-order valence-electron chi connectivity index (χ2n) is 3.72. The first-order valence-corrected chi connectivity index (χ1v) is 6.09. The standard InChI is InChI=1S/C12H13BrO2/c1-2-5-10-11(13)8-6-3-4-7-9(8)12(14)15-10/h3-4,6-7,10-11H,2,5H2,1H3. The van der Waals surface area contributed by atoms with Crippen LogP contribution in [0.2, 0.25) is 0 Å². The molecule has 1 aliphatic rings. The van der Waals surface area contributed by atoms with E-state index in [0.29, 0.717) is 5.56 Å². The first-order chi connectivity index (χ1) is 7.24. The quantitative estimate of drug-likeness (QED) is 0.607. The van der Waals surface area contributed by atoms with E-state index in [1.807, 2.05) is 24.3 Å². The van der Waals surface area contributed by atoms with Gasteiger partial charge in [-0.1, -0.05) is 47.5 Å². The molecule has 1 aliphatic heterocycles. The molecule has 2 atom stereocenters. The van der Waals surface area contributed by atoms with Gasteiger partial charge < -0.3 is 4.74 Å². The predicted molar refractivity (Wildman–Crippen MR) is 62.2 cm³/mol. The Labute approximate surface area is 97.8 Å². The van der Waals surface area contributed by atoms with E-state index in [0.717, 1.165) is 18.4 Å². The van der Waals surface area contributed by atoms with Crippen LogP contribution in [-0.2, 0) is 4.74 Å². The lowest BCUT2D eigenvalue weighted by atomic mass is 9.96. The summed E-state index contributed by atoms with van der Waals surface area (Å²) in [4.78, 5) is 11.8. The van der Waals surface area contributed by atoms with Crippen molar-refractivity contribution in [3.63, 3.8) is 0 Å². The molecule has 1 aromatic carbocycles. The number of rotatable bonds is 2. The summed E-state index contributed by atoms with van der Waals surface area (Å²) in [6, 6.07) is 7.61. The van der Waals surface area contributed by atoms with E-state index in [9.17, 15) is 4.79 Å². The number of ether oxygens (including phenoxy) is 1. The molecule has 0 spiro atoms. The number of esters is 1. The van der Waals surface area contributed by atoms with Gasteiger partial charge >= 0.3 is 5.97 Å². The highest BCUT2D eigenvalue weighted by atomic mass is 79.9. The molecule has 0 saturated carbocycles. The highest BCUT2D eigenvalue weighted by molar-refractivity contribution is 9.09. The molecule has 0 aliphatic carbocycles. The van der Waals surface area contributed by atoms with Gasteiger partial charge in [0.2, 0.25) is 0 Å². The number of carbonyl (C=O) groups is 1. The zero-order chi connectivity index (χ0) is 10.8. The van der Waals surface area contributed by atoms with Gasteiger partial charge in [0.25, 0.3) is 0 Å².